The summed E-state index contributed by atoms with van der Waals surface area (Å²) in [4.78, 5) is 30.2. The van der Waals surface area contributed by atoms with Crippen molar-refractivity contribution in [2.24, 2.45) is 0 Å². The maximum atomic E-state index is 13.4. The molecule has 0 spiro atoms. The molecule has 0 aromatic heterocycles. The summed E-state index contributed by atoms with van der Waals surface area (Å²) in [7, 11) is 0.789. The average Bonchev–Trinajstić information content (AvgIpc) is 2.97. The Balaban J connectivity index is 1.51. The zero-order valence-corrected chi connectivity index (χ0v) is 23.6. The van der Waals surface area contributed by atoms with Crippen molar-refractivity contribution in [1.29, 1.82) is 0 Å². The van der Waals surface area contributed by atoms with Gasteiger partial charge in [-0.25, -0.2) is 8.42 Å². The first-order valence-corrected chi connectivity index (χ1v) is 14.4. The fourth-order valence-corrected chi connectivity index (χ4v) is 5.60. The topological polar surface area (TPSA) is 117 Å². The van der Waals surface area contributed by atoms with E-state index < -0.39 is 22.0 Å². The van der Waals surface area contributed by atoms with Gasteiger partial charge < -0.3 is 24.6 Å². The molecule has 1 atom stereocenters. The summed E-state index contributed by atoms with van der Waals surface area (Å²) in [5, 5.41) is 2.79. The van der Waals surface area contributed by atoms with E-state index in [0.29, 0.717) is 30.1 Å². The van der Waals surface area contributed by atoms with Crippen LogP contribution in [0, 0.1) is 0 Å². The van der Waals surface area contributed by atoms with Crippen LogP contribution in [0.1, 0.15) is 15.9 Å². The van der Waals surface area contributed by atoms with Gasteiger partial charge in [-0.15, -0.1) is 0 Å². The van der Waals surface area contributed by atoms with Gasteiger partial charge in [-0.1, -0.05) is 30.3 Å². The number of rotatable bonds is 10. The molecule has 1 heterocycles. The highest BCUT2D eigenvalue weighted by Crippen LogP contribution is 2.29. The van der Waals surface area contributed by atoms with Crippen molar-refractivity contribution in [1.82, 2.24) is 14.5 Å². The number of carbonyl (C=O) groups is 2. The summed E-state index contributed by atoms with van der Waals surface area (Å²) in [6.45, 7) is 2.97. The zero-order valence-electron chi connectivity index (χ0n) is 22.8. The number of anilines is 1. The van der Waals surface area contributed by atoms with E-state index in [2.05, 4.69) is 14.9 Å². The molecule has 1 aliphatic heterocycles. The Kier molecular flexibility index (Phi) is 9.41. The minimum Gasteiger partial charge on any atom is -0.493 e. The number of piperazine rings is 1. The highest BCUT2D eigenvalue weighted by molar-refractivity contribution is 7.89. The lowest BCUT2D eigenvalue weighted by molar-refractivity contribution is -0.117. The van der Waals surface area contributed by atoms with Crippen molar-refractivity contribution < 1.29 is 27.5 Å². The van der Waals surface area contributed by atoms with E-state index in [1.54, 1.807) is 24.3 Å². The molecule has 0 aliphatic carbocycles. The molecule has 2 amide bonds. The molecular formula is C29H34N4O6S. The van der Waals surface area contributed by atoms with Crippen LogP contribution in [-0.4, -0.2) is 83.5 Å². The van der Waals surface area contributed by atoms with Crippen LogP contribution in [0.3, 0.4) is 0 Å². The predicted molar refractivity (Wildman–Crippen MR) is 152 cm³/mol. The van der Waals surface area contributed by atoms with Gasteiger partial charge >= 0.3 is 0 Å². The van der Waals surface area contributed by atoms with Crippen LogP contribution < -0.4 is 19.5 Å². The van der Waals surface area contributed by atoms with Crippen molar-refractivity contribution in [3.8, 4) is 11.5 Å². The first-order chi connectivity index (χ1) is 19.2. The fourth-order valence-electron chi connectivity index (χ4n) is 4.39. The Morgan fingerprint density at radius 1 is 0.875 bits per heavy atom. The highest BCUT2D eigenvalue weighted by atomic mass is 32.2. The lowest BCUT2D eigenvalue weighted by atomic mass is 10.1. The van der Waals surface area contributed by atoms with Gasteiger partial charge in [-0.05, 0) is 55.4 Å². The number of hydrogen-bond donors (Lipinski definition) is 2. The van der Waals surface area contributed by atoms with Crippen molar-refractivity contribution in [3.63, 3.8) is 0 Å². The molecule has 1 unspecified atom stereocenters. The van der Waals surface area contributed by atoms with Crippen LogP contribution in [-0.2, 0) is 21.2 Å². The SMILES string of the molecule is COc1ccc(S(=O)(=O)NC(Cc2ccccc2)C(=O)Nc2ccc(C(=O)N3CCN(C)CC3)cc2)cc1OC. The summed E-state index contributed by atoms with van der Waals surface area (Å²) in [6.07, 6.45) is 0.124. The van der Waals surface area contributed by atoms with Crippen molar-refractivity contribution >= 4 is 27.5 Å². The third-order valence-corrected chi connectivity index (χ3v) is 8.22. The van der Waals surface area contributed by atoms with Crippen LogP contribution in [0.2, 0.25) is 0 Å². The van der Waals surface area contributed by atoms with Gasteiger partial charge in [-0.3, -0.25) is 9.59 Å². The first-order valence-electron chi connectivity index (χ1n) is 12.9. The molecule has 1 saturated heterocycles. The smallest absolute Gasteiger partial charge is 0.253 e. The van der Waals surface area contributed by atoms with Gasteiger partial charge in [0.1, 0.15) is 6.04 Å². The Morgan fingerprint density at radius 2 is 1.52 bits per heavy atom. The second-order valence-corrected chi connectivity index (χ2v) is 11.3. The number of likely N-dealkylation sites (N-methyl/N-ethyl adjacent to an activating group) is 1. The van der Waals surface area contributed by atoms with Crippen molar-refractivity contribution in [2.75, 3.05) is 52.8 Å². The number of sulfonamides is 1. The third-order valence-electron chi connectivity index (χ3n) is 6.75. The summed E-state index contributed by atoms with van der Waals surface area (Å²) >= 11 is 0. The molecule has 3 aromatic rings. The average molecular weight is 567 g/mol. The van der Waals surface area contributed by atoms with E-state index in [1.165, 1.54) is 32.4 Å². The predicted octanol–water partition coefficient (Wildman–Crippen LogP) is 2.62. The first kappa shape index (κ1) is 29.1. The van der Waals surface area contributed by atoms with Crippen LogP contribution in [0.25, 0.3) is 0 Å². The Hall–Kier alpha value is -3.93. The third kappa shape index (κ3) is 7.17. The molecular weight excluding hydrogens is 532 g/mol. The normalized spacial score (nSPS) is 14.8. The number of benzene rings is 3. The molecule has 1 fully saturated rings. The second kappa shape index (κ2) is 12.9. The maximum Gasteiger partial charge on any atom is 0.253 e. The van der Waals surface area contributed by atoms with Crippen LogP contribution in [0.4, 0.5) is 5.69 Å². The zero-order chi connectivity index (χ0) is 28.7. The number of nitrogens with zero attached hydrogens (tertiary/aromatic N) is 2. The molecule has 2 N–H and O–H groups in total. The molecule has 40 heavy (non-hydrogen) atoms. The Labute approximate surface area is 234 Å². The van der Waals surface area contributed by atoms with Gasteiger partial charge in [0.25, 0.3) is 5.91 Å². The minimum absolute atomic E-state index is 0.0596. The number of carbonyl (C=O) groups excluding carboxylic acids is 2. The van der Waals surface area contributed by atoms with Crippen molar-refractivity contribution in [2.45, 2.75) is 17.4 Å². The van der Waals surface area contributed by atoms with Gasteiger partial charge in [0.2, 0.25) is 15.9 Å². The highest BCUT2D eigenvalue weighted by Gasteiger charge is 2.27. The number of methoxy groups -OCH3 is 2. The Bertz CT molecular complexity index is 1420. The molecule has 11 heteroatoms. The largest absolute Gasteiger partial charge is 0.493 e. The van der Waals surface area contributed by atoms with E-state index in [9.17, 15) is 18.0 Å². The van der Waals surface area contributed by atoms with E-state index >= 15 is 0 Å². The molecule has 1 aliphatic rings. The lowest BCUT2D eigenvalue weighted by Crippen LogP contribution is -2.47. The molecule has 0 radical (unpaired) electrons. The van der Waals surface area contributed by atoms with E-state index in [4.69, 9.17) is 9.47 Å². The van der Waals surface area contributed by atoms with Gasteiger partial charge in [0.15, 0.2) is 11.5 Å². The second-order valence-electron chi connectivity index (χ2n) is 9.54. The van der Waals surface area contributed by atoms with E-state index in [1.807, 2.05) is 42.3 Å². The van der Waals surface area contributed by atoms with Gasteiger partial charge in [0, 0.05) is 43.5 Å². The fraction of sp³-hybridized carbons (Fsp3) is 0.310. The monoisotopic (exact) mass is 566 g/mol. The van der Waals surface area contributed by atoms with Gasteiger partial charge in [0.05, 0.1) is 19.1 Å². The molecule has 3 aromatic carbocycles. The number of amides is 2. The van der Waals surface area contributed by atoms with Crippen molar-refractivity contribution in [3.05, 3.63) is 83.9 Å². The van der Waals surface area contributed by atoms with E-state index in [-0.39, 0.29) is 23.0 Å². The van der Waals surface area contributed by atoms with E-state index in [0.717, 1.165) is 18.7 Å². The van der Waals surface area contributed by atoms with Crippen LogP contribution in [0.5, 0.6) is 11.5 Å². The molecule has 212 valence electrons. The number of nitrogens with one attached hydrogen (secondary N) is 2. The summed E-state index contributed by atoms with van der Waals surface area (Å²) < 4.78 is 39.6. The molecule has 4 rings (SSSR count). The summed E-state index contributed by atoms with van der Waals surface area (Å²) in [5.41, 5.74) is 1.76. The lowest BCUT2D eigenvalue weighted by Gasteiger charge is -2.32. The Morgan fingerprint density at radius 3 is 2.15 bits per heavy atom. The van der Waals surface area contributed by atoms with Crippen LogP contribution >= 0.6 is 0 Å². The quantitative estimate of drug-likeness (QED) is 0.388. The molecule has 0 bridgehead atoms. The van der Waals surface area contributed by atoms with Crippen LogP contribution in [0.15, 0.2) is 77.7 Å². The van der Waals surface area contributed by atoms with Gasteiger partial charge in [-0.2, -0.15) is 4.72 Å². The maximum absolute atomic E-state index is 13.4. The number of ether oxygens (including phenoxy) is 2. The standard InChI is InChI=1S/C29H34N4O6S/c1-32-15-17-33(18-16-32)29(35)22-9-11-23(12-10-22)30-28(34)25(19-21-7-5-4-6-8-21)31-40(36,37)24-13-14-26(38-2)27(20-24)39-3/h4-14,20,25,31H,15-19H2,1-3H3,(H,30,34). The molecule has 0 saturated carbocycles. The summed E-state index contributed by atoms with van der Waals surface area (Å²) in [6, 6.07) is 18.8. The molecule has 10 nitrogen and oxygen atoms in total. The summed E-state index contributed by atoms with van der Waals surface area (Å²) in [5.74, 6) is 0.0388. The number of hydrogen-bond acceptors (Lipinski definition) is 7. The minimum atomic E-state index is -4.11.